The van der Waals surface area contributed by atoms with Crippen molar-refractivity contribution in [2.45, 2.75) is 64.5 Å². The molecule has 4 aliphatic rings. The molecule has 8 nitrogen and oxygen atoms in total. The molecular formula is C107H72N8S2. The first-order valence-corrected chi connectivity index (χ1v) is 41.4. The van der Waals surface area contributed by atoms with E-state index in [9.17, 15) is 0 Å². The summed E-state index contributed by atoms with van der Waals surface area (Å²) in [7, 11) is 0. The highest BCUT2D eigenvalue weighted by atomic mass is 32.2. The van der Waals surface area contributed by atoms with E-state index in [-0.39, 0.29) is 0 Å². The third-order valence-electron chi connectivity index (χ3n) is 24.0. The molecule has 552 valence electrons. The van der Waals surface area contributed by atoms with E-state index in [2.05, 4.69) is 348 Å². The Morgan fingerprint density at radius 1 is 0.231 bits per heavy atom. The van der Waals surface area contributed by atoms with Gasteiger partial charge in [0.15, 0.2) is 29.1 Å². The van der Waals surface area contributed by atoms with E-state index >= 15 is 0 Å². The molecule has 10 heteroatoms. The zero-order valence-corrected chi connectivity index (χ0v) is 66.2. The number of nitrogens with zero attached hydrogens (tertiary/aromatic N) is 8. The van der Waals surface area contributed by atoms with Crippen molar-refractivity contribution in [2.24, 2.45) is 0 Å². The van der Waals surface area contributed by atoms with Crippen molar-refractivity contribution < 1.29 is 0 Å². The molecule has 0 bridgehead atoms. The van der Waals surface area contributed by atoms with Crippen molar-refractivity contribution in [1.82, 2.24) is 39.9 Å². The van der Waals surface area contributed by atoms with Gasteiger partial charge in [0.05, 0.1) is 16.5 Å². The Hall–Kier alpha value is -13.9. The Bertz CT molecular complexity index is 7040. The number of pyridine rings is 2. The van der Waals surface area contributed by atoms with Gasteiger partial charge in [-0.25, -0.2) is 29.9 Å². The van der Waals surface area contributed by atoms with Gasteiger partial charge in [-0.1, -0.05) is 315 Å². The second kappa shape index (κ2) is 28.0. The molecule has 14 aromatic carbocycles. The molecule has 1 atom stereocenters. The van der Waals surface area contributed by atoms with Crippen LogP contribution in [-0.2, 0) is 17.3 Å². The van der Waals surface area contributed by atoms with Gasteiger partial charge in [0, 0.05) is 83.0 Å². The Morgan fingerprint density at radius 2 is 0.641 bits per heavy atom. The third-order valence-corrected chi connectivity index (χ3v) is 26.3. The monoisotopic (exact) mass is 1530 g/mol. The fraction of sp³-hybridized carbons (Fsp3) is 0.0654. The van der Waals surface area contributed by atoms with Crippen LogP contribution >= 0.6 is 23.5 Å². The lowest BCUT2D eigenvalue weighted by molar-refractivity contribution is 0.722. The van der Waals surface area contributed by atoms with Gasteiger partial charge in [-0.3, -0.25) is 9.97 Å². The number of fused-ring (bicyclic) bond motifs is 18. The second-order valence-electron chi connectivity index (χ2n) is 31.0. The molecule has 0 amide bonds. The van der Waals surface area contributed by atoms with Crippen LogP contribution in [0.4, 0.5) is 0 Å². The molecule has 0 saturated carbocycles. The van der Waals surface area contributed by atoms with Crippen molar-refractivity contribution in [3.63, 3.8) is 0 Å². The molecule has 0 radical (unpaired) electrons. The van der Waals surface area contributed by atoms with E-state index in [4.69, 9.17) is 39.9 Å². The van der Waals surface area contributed by atoms with Gasteiger partial charge >= 0.3 is 0 Å². The molecule has 6 heterocycles. The first-order valence-electron chi connectivity index (χ1n) is 39.8. The van der Waals surface area contributed by atoms with Gasteiger partial charge in [-0.2, -0.15) is 0 Å². The predicted molar refractivity (Wildman–Crippen MR) is 474 cm³/mol. The number of hydrogen-bond acceptors (Lipinski definition) is 10. The van der Waals surface area contributed by atoms with Gasteiger partial charge in [-0.05, 0) is 204 Å². The molecule has 18 aromatic rings. The largest absolute Gasteiger partial charge is 0.261 e. The van der Waals surface area contributed by atoms with Gasteiger partial charge in [0.25, 0.3) is 0 Å². The summed E-state index contributed by atoms with van der Waals surface area (Å²) >= 11 is 3.69. The van der Waals surface area contributed by atoms with E-state index < -0.39 is 10.8 Å². The quantitative estimate of drug-likeness (QED) is 0.117. The van der Waals surface area contributed by atoms with Crippen LogP contribution in [-0.4, -0.2) is 39.9 Å². The molecule has 0 saturated heterocycles. The van der Waals surface area contributed by atoms with Crippen LogP contribution in [0.1, 0.15) is 78.4 Å². The maximum absolute atomic E-state index is 5.69. The highest BCUT2D eigenvalue weighted by Crippen LogP contribution is 2.66. The summed E-state index contributed by atoms with van der Waals surface area (Å²) in [6.45, 7) is 8.35. The van der Waals surface area contributed by atoms with Gasteiger partial charge in [0.1, 0.15) is 5.82 Å². The van der Waals surface area contributed by atoms with E-state index in [1.54, 1.807) is 0 Å². The Balaban J connectivity index is 0.721. The fourth-order valence-electron chi connectivity index (χ4n) is 18.7. The van der Waals surface area contributed by atoms with E-state index in [1.165, 1.54) is 75.9 Å². The number of benzene rings is 14. The smallest absolute Gasteiger partial charge is 0.164 e. The zero-order chi connectivity index (χ0) is 78.0. The van der Waals surface area contributed by atoms with Crippen molar-refractivity contribution in [3.05, 3.63) is 431 Å². The molecule has 0 fully saturated rings. The summed E-state index contributed by atoms with van der Waals surface area (Å²) < 4.78 is 0. The van der Waals surface area contributed by atoms with Crippen molar-refractivity contribution in [1.29, 1.82) is 0 Å². The summed E-state index contributed by atoms with van der Waals surface area (Å²) in [6.07, 6.45) is 4.53. The Morgan fingerprint density at radius 3 is 1.25 bits per heavy atom. The van der Waals surface area contributed by atoms with E-state index in [0.717, 1.165) is 122 Å². The maximum Gasteiger partial charge on any atom is 0.164 e. The molecule has 1 unspecified atom stereocenters. The number of aromatic nitrogens is 8. The van der Waals surface area contributed by atoms with Crippen LogP contribution in [0.3, 0.4) is 0 Å². The first kappa shape index (κ1) is 69.8. The molecule has 2 spiro atoms. The number of rotatable bonds is 12. The minimum atomic E-state index is -0.746. The summed E-state index contributed by atoms with van der Waals surface area (Å²) in [4.78, 5) is 47.3. The minimum Gasteiger partial charge on any atom is -0.261 e. The highest BCUT2D eigenvalue weighted by Gasteiger charge is 2.53. The number of hydrogen-bond donors (Lipinski definition) is 0. The van der Waals surface area contributed by atoms with Crippen LogP contribution in [0.25, 0.3) is 135 Å². The number of aryl methyl sites for hydroxylation is 4. The molecule has 22 rings (SSSR count). The van der Waals surface area contributed by atoms with Crippen LogP contribution in [0.15, 0.2) is 372 Å². The average molecular weight is 1530 g/mol. The maximum atomic E-state index is 5.69. The second-order valence-corrected chi connectivity index (χ2v) is 33.2. The van der Waals surface area contributed by atoms with Crippen LogP contribution in [0.5, 0.6) is 0 Å². The van der Waals surface area contributed by atoms with E-state index in [0.29, 0.717) is 41.4 Å². The molecule has 0 N–H and O–H groups in total. The SMILES string of the molecule is Cc1cnc(C)c(-c2ccc3c(c2)Sc2ccccc2C32c3ccc(Cc4ncc(C)cc4-c4ccccc4-c4cc5c(cc4-c4nc(-c6ccccc6)nc(-c6ccc(-c7ccccc7)cc6)n4)C4(c6ccccc6S5)c5ccccc5-c5ccccc54)cc3-c3ccc(-c4nc(C)nc(-c5ccc(-c6ccccc6)cc5)n4)cc32)c1. The summed E-state index contributed by atoms with van der Waals surface area (Å²) in [5.74, 6) is 3.64. The topological polar surface area (TPSA) is 103 Å². The summed E-state index contributed by atoms with van der Waals surface area (Å²) in [5.41, 5.74) is 33.9. The molecular weight excluding hydrogens is 1460 g/mol. The lowest BCUT2D eigenvalue weighted by Crippen LogP contribution is -2.32. The average Bonchev–Trinajstić information content (AvgIpc) is 1.54. The first-order chi connectivity index (χ1) is 57.6. The van der Waals surface area contributed by atoms with Crippen LogP contribution in [0.2, 0.25) is 0 Å². The van der Waals surface area contributed by atoms with Gasteiger partial charge in [0.2, 0.25) is 0 Å². The van der Waals surface area contributed by atoms with Crippen molar-refractivity contribution >= 4 is 23.5 Å². The summed E-state index contributed by atoms with van der Waals surface area (Å²) in [5, 5.41) is 0. The normalized spacial score (nSPS) is 14.1. The Labute approximate surface area is 688 Å². The van der Waals surface area contributed by atoms with Gasteiger partial charge in [-0.15, -0.1) is 0 Å². The van der Waals surface area contributed by atoms with Gasteiger partial charge < -0.3 is 0 Å². The standard InChI is InChI=1S/C107H72N8S2/c1-64-54-83(66(3)108-62-64)76-50-53-93-99(59-76)116-98-39-23-21-37-92(98)107(93)90-52-40-68(56-85(90)82-51-49-77(58-94(82)107)104-111-67(4)110-101(112-104)74-45-41-71(42-46-74)69-24-8-5-9-25-69)57-96-86(55-65(2)63-109-96)79-31-15-14-30-78(79)84-61-100-95(106(91-36-20-22-38-97(91)117-100)88-34-18-16-32-80(88)81-33-17-19-35-89(81)106)60-87(84)105-114-102(73-28-12-7-13-29-73)113-103(115-105)75-47-43-72(44-48-75)70-26-10-6-11-27-70/h5-56,58-63H,57H2,1-4H3. The molecule has 4 aromatic heterocycles. The minimum absolute atomic E-state index is 0.540. The van der Waals surface area contributed by atoms with Crippen LogP contribution < -0.4 is 0 Å². The molecule has 2 aliphatic carbocycles. The lowest BCUT2D eigenvalue weighted by Gasteiger charge is -2.40. The summed E-state index contributed by atoms with van der Waals surface area (Å²) in [6, 6.07) is 124. The Kier molecular flexibility index (Phi) is 16.7. The van der Waals surface area contributed by atoms with Crippen molar-refractivity contribution in [2.75, 3.05) is 0 Å². The van der Waals surface area contributed by atoms with Crippen molar-refractivity contribution in [3.8, 4) is 135 Å². The highest BCUT2D eigenvalue weighted by molar-refractivity contribution is 7.99. The zero-order valence-electron chi connectivity index (χ0n) is 64.6. The van der Waals surface area contributed by atoms with Crippen LogP contribution in [0, 0.1) is 27.7 Å². The molecule has 2 aliphatic heterocycles. The predicted octanol–water partition coefficient (Wildman–Crippen LogP) is 26.0. The fourth-order valence-corrected chi connectivity index (χ4v) is 21.2. The lowest BCUT2D eigenvalue weighted by atomic mass is 9.66. The molecule has 117 heavy (non-hydrogen) atoms. The van der Waals surface area contributed by atoms with E-state index in [1.807, 2.05) is 55.0 Å². The third kappa shape index (κ3) is 11.5.